The molecule has 2 atom stereocenters. The highest BCUT2D eigenvalue weighted by molar-refractivity contribution is 7.87. The van der Waals surface area contributed by atoms with Crippen molar-refractivity contribution in [3.63, 3.8) is 0 Å². The number of ether oxygens (including phenoxy) is 1. The van der Waals surface area contributed by atoms with Gasteiger partial charge in [-0.3, -0.25) is 18.9 Å². The first-order valence-electron chi connectivity index (χ1n) is 13.0. The molecule has 9 nitrogen and oxygen atoms in total. The molecule has 4 aromatic rings. The average molecular weight is 594 g/mol. The third kappa shape index (κ3) is 8.23. The Morgan fingerprint density at radius 1 is 0.927 bits per heavy atom. The molecule has 214 valence electrons. The molecule has 0 aliphatic rings. The van der Waals surface area contributed by atoms with Crippen LogP contribution in [0.25, 0.3) is 10.4 Å². The number of amides is 1. The number of hydrogen-bond acceptors (Lipinski definition) is 7. The SMILES string of the molecule is CCc1nc(C(Cc2ccc(NS(=O)(=O)O)cc2)NC(=O)C(Cc2ccccc2)C(=O)OC)sc1-c1ccccc1. The van der Waals surface area contributed by atoms with Crippen molar-refractivity contribution >= 4 is 39.2 Å². The van der Waals surface area contributed by atoms with Crippen LogP contribution < -0.4 is 10.0 Å². The van der Waals surface area contributed by atoms with Crippen molar-refractivity contribution < 1.29 is 27.3 Å². The molecular weight excluding hydrogens is 562 g/mol. The number of nitrogens with one attached hydrogen (secondary N) is 2. The lowest BCUT2D eigenvalue weighted by molar-refractivity contribution is -0.150. The second-order valence-electron chi connectivity index (χ2n) is 9.35. The predicted octanol–water partition coefficient (Wildman–Crippen LogP) is 5.02. The van der Waals surface area contributed by atoms with Crippen molar-refractivity contribution in [2.45, 2.75) is 32.2 Å². The summed E-state index contributed by atoms with van der Waals surface area (Å²) in [6.07, 6.45) is 1.19. The third-order valence-corrected chi connectivity index (χ3v) is 8.18. The van der Waals surface area contributed by atoms with Crippen LogP contribution in [0.2, 0.25) is 0 Å². The Morgan fingerprint density at radius 3 is 2.12 bits per heavy atom. The molecule has 4 rings (SSSR count). The molecule has 0 radical (unpaired) electrons. The first-order chi connectivity index (χ1) is 19.7. The van der Waals surface area contributed by atoms with Crippen LogP contribution in [0.15, 0.2) is 84.9 Å². The van der Waals surface area contributed by atoms with Gasteiger partial charge in [-0.25, -0.2) is 4.98 Å². The van der Waals surface area contributed by atoms with E-state index in [1.54, 1.807) is 12.1 Å². The number of methoxy groups -OCH3 is 1. The fourth-order valence-electron chi connectivity index (χ4n) is 4.41. The standard InChI is InChI=1S/C30H31N3O6S2/c1-3-25-27(22-12-8-5-9-13-22)40-29(32-25)26(19-21-14-16-23(17-15-21)33-41(36,37)38)31-28(34)24(30(35)39-2)18-20-10-6-4-7-11-20/h4-17,24,26,33H,3,18-19H2,1-2H3,(H,31,34)(H,36,37,38). The maximum absolute atomic E-state index is 13.6. The zero-order chi connectivity index (χ0) is 29.4. The van der Waals surface area contributed by atoms with Crippen LogP contribution in [0.3, 0.4) is 0 Å². The van der Waals surface area contributed by atoms with E-state index >= 15 is 0 Å². The molecule has 0 saturated heterocycles. The lowest BCUT2D eigenvalue weighted by Gasteiger charge is -2.21. The Kier molecular flexibility index (Phi) is 9.87. The van der Waals surface area contributed by atoms with E-state index in [-0.39, 0.29) is 12.1 Å². The van der Waals surface area contributed by atoms with Gasteiger partial charge >= 0.3 is 16.3 Å². The highest BCUT2D eigenvalue weighted by Gasteiger charge is 2.31. The van der Waals surface area contributed by atoms with E-state index < -0.39 is 34.1 Å². The number of aryl methyl sites for hydroxylation is 1. The molecule has 2 unspecified atom stereocenters. The van der Waals surface area contributed by atoms with Crippen molar-refractivity contribution in [3.8, 4) is 10.4 Å². The number of anilines is 1. The average Bonchev–Trinajstić information content (AvgIpc) is 3.41. The fraction of sp³-hybridized carbons (Fsp3) is 0.233. The van der Waals surface area contributed by atoms with Crippen molar-refractivity contribution in [1.29, 1.82) is 0 Å². The van der Waals surface area contributed by atoms with Crippen molar-refractivity contribution in [2.75, 3.05) is 11.8 Å². The number of rotatable bonds is 12. The van der Waals surface area contributed by atoms with Gasteiger partial charge < -0.3 is 10.1 Å². The summed E-state index contributed by atoms with van der Waals surface area (Å²) in [5.74, 6) is -2.18. The van der Waals surface area contributed by atoms with Crippen LogP contribution in [-0.2, 0) is 43.9 Å². The van der Waals surface area contributed by atoms with Gasteiger partial charge in [-0.05, 0) is 48.1 Å². The molecule has 0 aliphatic carbocycles. The van der Waals surface area contributed by atoms with Crippen molar-refractivity contribution in [2.24, 2.45) is 5.92 Å². The lowest BCUT2D eigenvalue weighted by atomic mass is 9.97. The molecule has 0 saturated carbocycles. The monoisotopic (exact) mass is 593 g/mol. The Labute approximate surface area is 243 Å². The van der Waals surface area contributed by atoms with Gasteiger partial charge in [0, 0.05) is 0 Å². The van der Waals surface area contributed by atoms with Gasteiger partial charge in [-0.1, -0.05) is 79.7 Å². The molecule has 1 aromatic heterocycles. The molecule has 41 heavy (non-hydrogen) atoms. The van der Waals surface area contributed by atoms with Crippen LogP contribution in [0.5, 0.6) is 0 Å². The number of carbonyl (C=O) groups excluding carboxylic acids is 2. The molecule has 3 aromatic carbocycles. The second kappa shape index (κ2) is 13.5. The number of benzene rings is 3. The molecule has 0 aliphatic heterocycles. The second-order valence-corrected chi connectivity index (χ2v) is 11.5. The lowest BCUT2D eigenvalue weighted by Crippen LogP contribution is -2.40. The number of esters is 1. The summed E-state index contributed by atoms with van der Waals surface area (Å²) in [7, 11) is -3.15. The molecular formula is C30H31N3O6S2. The number of hydrogen-bond donors (Lipinski definition) is 3. The van der Waals surface area contributed by atoms with Crippen molar-refractivity contribution in [3.05, 3.63) is 107 Å². The van der Waals surface area contributed by atoms with Gasteiger partial charge in [-0.15, -0.1) is 11.3 Å². The number of nitrogens with zero attached hydrogens (tertiary/aromatic N) is 1. The first-order valence-corrected chi connectivity index (χ1v) is 15.2. The van der Waals surface area contributed by atoms with Gasteiger partial charge in [0.05, 0.1) is 29.4 Å². The summed E-state index contributed by atoms with van der Waals surface area (Å²) in [6, 6.07) is 25.0. The number of aromatic nitrogens is 1. The maximum Gasteiger partial charge on any atom is 0.357 e. The van der Waals surface area contributed by atoms with E-state index in [1.807, 2.05) is 72.3 Å². The van der Waals surface area contributed by atoms with Gasteiger partial charge in [0.2, 0.25) is 5.91 Å². The van der Waals surface area contributed by atoms with Crippen LogP contribution in [0.4, 0.5) is 5.69 Å². The Morgan fingerprint density at radius 2 is 1.54 bits per heavy atom. The van der Waals surface area contributed by atoms with E-state index in [1.165, 1.54) is 30.6 Å². The highest BCUT2D eigenvalue weighted by Crippen LogP contribution is 2.35. The van der Waals surface area contributed by atoms with E-state index in [9.17, 15) is 18.0 Å². The van der Waals surface area contributed by atoms with Gasteiger partial charge in [0.25, 0.3) is 0 Å². The van der Waals surface area contributed by atoms with Gasteiger partial charge in [-0.2, -0.15) is 8.42 Å². The molecule has 0 bridgehead atoms. The predicted molar refractivity (Wildman–Crippen MR) is 159 cm³/mol. The van der Waals surface area contributed by atoms with Crippen LogP contribution >= 0.6 is 11.3 Å². The van der Waals surface area contributed by atoms with E-state index in [0.29, 0.717) is 17.8 Å². The maximum atomic E-state index is 13.6. The zero-order valence-corrected chi connectivity index (χ0v) is 24.2. The minimum absolute atomic E-state index is 0.176. The van der Waals surface area contributed by atoms with Crippen molar-refractivity contribution in [1.82, 2.24) is 10.3 Å². The normalized spacial score (nSPS) is 12.8. The van der Waals surface area contributed by atoms with Crippen LogP contribution in [0, 0.1) is 5.92 Å². The number of thiazole rings is 1. The molecule has 1 amide bonds. The molecule has 0 fully saturated rings. The summed E-state index contributed by atoms with van der Waals surface area (Å²) < 4.78 is 38.4. The summed E-state index contributed by atoms with van der Waals surface area (Å²) in [6.45, 7) is 2.02. The summed E-state index contributed by atoms with van der Waals surface area (Å²) >= 11 is 1.48. The largest absolute Gasteiger partial charge is 0.468 e. The van der Waals surface area contributed by atoms with E-state index in [0.717, 1.165) is 27.3 Å². The van der Waals surface area contributed by atoms with Gasteiger partial charge in [0.15, 0.2) is 0 Å². The van der Waals surface area contributed by atoms with E-state index in [2.05, 4.69) is 5.32 Å². The zero-order valence-electron chi connectivity index (χ0n) is 22.6. The fourth-order valence-corrected chi connectivity index (χ4v) is 6.06. The Balaban J connectivity index is 1.67. The minimum atomic E-state index is -4.41. The minimum Gasteiger partial charge on any atom is -0.468 e. The molecule has 3 N–H and O–H groups in total. The van der Waals surface area contributed by atoms with E-state index in [4.69, 9.17) is 14.3 Å². The first kappa shape index (κ1) is 29.9. The Hall–Kier alpha value is -4.06. The summed E-state index contributed by atoms with van der Waals surface area (Å²) in [5.41, 5.74) is 3.72. The molecule has 1 heterocycles. The third-order valence-electron chi connectivity index (χ3n) is 6.42. The van der Waals surface area contributed by atoms with Crippen LogP contribution in [0.1, 0.15) is 34.8 Å². The topological polar surface area (TPSA) is 135 Å². The summed E-state index contributed by atoms with van der Waals surface area (Å²) in [4.78, 5) is 32.2. The Bertz CT molecular complexity index is 1570. The molecule has 11 heteroatoms. The number of carbonyl (C=O) groups is 2. The smallest absolute Gasteiger partial charge is 0.357 e. The van der Waals surface area contributed by atoms with Gasteiger partial charge in [0.1, 0.15) is 10.9 Å². The molecule has 0 spiro atoms. The highest BCUT2D eigenvalue weighted by atomic mass is 32.2. The summed E-state index contributed by atoms with van der Waals surface area (Å²) in [5, 5.41) is 3.72. The quantitative estimate of drug-likeness (QED) is 0.119. The van der Waals surface area contributed by atoms with Crippen LogP contribution in [-0.4, -0.2) is 36.9 Å².